The Morgan fingerprint density at radius 1 is 1.05 bits per heavy atom. The summed E-state index contributed by atoms with van der Waals surface area (Å²) in [7, 11) is 0.00227. The fraction of sp³-hybridized carbons (Fsp3) is 0.625. The molecule has 0 aliphatic carbocycles. The highest BCUT2D eigenvalue weighted by Crippen LogP contribution is 2.46. The van der Waals surface area contributed by atoms with Crippen molar-refractivity contribution in [2.24, 2.45) is 0 Å². The second kappa shape index (κ2) is 6.12. The van der Waals surface area contributed by atoms with Crippen LogP contribution in [0.4, 0.5) is 5.69 Å². The lowest BCUT2D eigenvalue weighted by Crippen LogP contribution is -2.48. The number of anilines is 1. The van der Waals surface area contributed by atoms with E-state index in [1.54, 1.807) is 0 Å². The summed E-state index contributed by atoms with van der Waals surface area (Å²) in [6.07, 6.45) is 4.15. The van der Waals surface area contributed by atoms with Gasteiger partial charge in [-0.05, 0) is 57.2 Å². The first-order chi connectivity index (χ1) is 10.1. The quantitative estimate of drug-likeness (QED) is 0.667. The van der Waals surface area contributed by atoms with Crippen LogP contribution in [0.25, 0.3) is 0 Å². The van der Waals surface area contributed by atoms with Crippen molar-refractivity contribution < 1.29 is 4.57 Å². The van der Waals surface area contributed by atoms with E-state index in [4.69, 9.17) is 5.73 Å². The molecule has 1 aromatic carbocycles. The van der Waals surface area contributed by atoms with Crippen LogP contribution >= 0.6 is 7.14 Å². The highest BCUT2D eigenvalue weighted by Gasteiger charge is 2.33. The summed E-state index contributed by atoms with van der Waals surface area (Å²) in [5.41, 5.74) is 6.47. The van der Waals surface area contributed by atoms with Gasteiger partial charge in [-0.25, -0.2) is 0 Å². The van der Waals surface area contributed by atoms with Crippen molar-refractivity contribution in [1.29, 1.82) is 0 Å². The van der Waals surface area contributed by atoms with Crippen molar-refractivity contribution in [1.82, 2.24) is 9.80 Å². The Hall–Kier alpha value is -0.830. The normalized spacial score (nSPS) is 25.0. The predicted molar refractivity (Wildman–Crippen MR) is 89.9 cm³/mol. The Morgan fingerprint density at radius 3 is 2.19 bits per heavy atom. The lowest BCUT2D eigenvalue weighted by atomic mass is 10.0. The second-order valence-electron chi connectivity index (χ2n) is 6.50. The van der Waals surface area contributed by atoms with E-state index < -0.39 is 7.14 Å². The fourth-order valence-electron chi connectivity index (χ4n) is 3.53. The molecule has 116 valence electrons. The molecular weight excluding hydrogens is 281 g/mol. The average Bonchev–Trinajstić information content (AvgIpc) is 2.50. The Labute approximate surface area is 127 Å². The molecule has 2 aliphatic heterocycles. The predicted octanol–water partition coefficient (Wildman–Crippen LogP) is 1.67. The molecule has 0 saturated carbocycles. The van der Waals surface area contributed by atoms with Crippen LogP contribution in [0.1, 0.15) is 12.8 Å². The molecule has 0 radical (unpaired) electrons. The molecule has 0 amide bonds. The topological polar surface area (TPSA) is 49.6 Å². The summed E-state index contributed by atoms with van der Waals surface area (Å²) in [6, 6.07) is 8.36. The smallest absolute Gasteiger partial charge is 0.118 e. The average molecular weight is 307 g/mol. The first kappa shape index (κ1) is 15.1. The van der Waals surface area contributed by atoms with E-state index in [-0.39, 0.29) is 0 Å². The second-order valence-corrected chi connectivity index (χ2v) is 9.69. The van der Waals surface area contributed by atoms with E-state index in [0.717, 1.165) is 36.4 Å². The Bertz CT molecular complexity index is 511. The van der Waals surface area contributed by atoms with Gasteiger partial charge in [0.2, 0.25) is 0 Å². The van der Waals surface area contributed by atoms with Gasteiger partial charge in [-0.3, -0.25) is 4.90 Å². The molecule has 3 rings (SSSR count). The van der Waals surface area contributed by atoms with Crippen LogP contribution in [0, 0.1) is 0 Å². The zero-order chi connectivity index (χ0) is 14.9. The van der Waals surface area contributed by atoms with Gasteiger partial charge >= 0.3 is 0 Å². The van der Waals surface area contributed by atoms with Gasteiger partial charge in [-0.1, -0.05) is 0 Å². The fourth-order valence-corrected chi connectivity index (χ4v) is 6.13. The van der Waals surface area contributed by atoms with Crippen molar-refractivity contribution in [2.75, 3.05) is 51.3 Å². The van der Waals surface area contributed by atoms with E-state index in [1.165, 1.54) is 25.9 Å². The largest absolute Gasteiger partial charge is 0.399 e. The van der Waals surface area contributed by atoms with Crippen molar-refractivity contribution >= 4 is 18.1 Å². The van der Waals surface area contributed by atoms with Crippen LogP contribution in [-0.2, 0) is 4.57 Å². The molecule has 4 nitrogen and oxygen atoms in total. The molecule has 0 spiro atoms. The van der Waals surface area contributed by atoms with E-state index >= 15 is 0 Å². The third-order valence-corrected chi connectivity index (χ3v) is 8.15. The van der Waals surface area contributed by atoms with Gasteiger partial charge < -0.3 is 15.2 Å². The molecule has 2 saturated heterocycles. The summed E-state index contributed by atoms with van der Waals surface area (Å²) in [5.74, 6) is 0. The number of nitrogens with zero attached hydrogens (tertiary/aromatic N) is 2. The van der Waals surface area contributed by atoms with Gasteiger partial charge in [0.1, 0.15) is 7.14 Å². The van der Waals surface area contributed by atoms with Crippen molar-refractivity contribution in [2.45, 2.75) is 18.9 Å². The number of nitrogen functional groups attached to an aromatic ring is 1. The third kappa shape index (κ3) is 3.33. The van der Waals surface area contributed by atoms with Crippen LogP contribution in [-0.4, -0.2) is 61.4 Å². The maximum atomic E-state index is 13.2. The van der Waals surface area contributed by atoms with Crippen molar-refractivity contribution in [3.63, 3.8) is 0 Å². The summed E-state index contributed by atoms with van der Waals surface area (Å²) in [5, 5.41) is 1.01. The molecule has 5 heteroatoms. The van der Waals surface area contributed by atoms with Crippen LogP contribution in [0.3, 0.4) is 0 Å². The van der Waals surface area contributed by atoms with Gasteiger partial charge in [0.25, 0.3) is 0 Å². The van der Waals surface area contributed by atoms with Crippen LogP contribution in [0.5, 0.6) is 0 Å². The Balaban J connectivity index is 1.62. The number of hydrogen-bond donors (Lipinski definition) is 1. The van der Waals surface area contributed by atoms with Crippen molar-refractivity contribution in [3.8, 4) is 0 Å². The maximum absolute atomic E-state index is 13.2. The summed E-state index contributed by atoms with van der Waals surface area (Å²) >= 11 is 0. The summed E-state index contributed by atoms with van der Waals surface area (Å²) < 4.78 is 13.2. The lowest BCUT2D eigenvalue weighted by molar-refractivity contribution is 0.129. The number of benzene rings is 1. The molecule has 0 aromatic heterocycles. The van der Waals surface area contributed by atoms with Crippen molar-refractivity contribution in [3.05, 3.63) is 24.3 Å². The van der Waals surface area contributed by atoms with Crippen LogP contribution in [0.15, 0.2) is 24.3 Å². The van der Waals surface area contributed by atoms with Gasteiger partial charge in [0.15, 0.2) is 0 Å². The first-order valence-corrected chi connectivity index (χ1v) is 10.0. The summed E-state index contributed by atoms with van der Waals surface area (Å²) in [6.45, 7) is 4.35. The number of nitrogens with two attached hydrogens (primary N) is 1. The third-order valence-electron chi connectivity index (χ3n) is 5.06. The molecule has 1 aromatic rings. The standard InChI is InChI=1S/C16H26N3OP/c1-18-8-6-15(7-9-18)19-10-12-21(20,13-11-19)16-4-2-14(17)3-5-16/h2-5,15H,6-13,17H2,1H3. The molecule has 2 fully saturated rings. The number of likely N-dealkylation sites (tertiary alicyclic amines) is 1. The van der Waals surface area contributed by atoms with Crippen LogP contribution in [0.2, 0.25) is 0 Å². The highest BCUT2D eigenvalue weighted by molar-refractivity contribution is 7.71. The zero-order valence-electron chi connectivity index (χ0n) is 12.9. The Morgan fingerprint density at radius 2 is 1.62 bits per heavy atom. The van der Waals surface area contributed by atoms with Crippen LogP contribution < -0.4 is 11.0 Å². The minimum absolute atomic E-state index is 0.696. The van der Waals surface area contributed by atoms with Gasteiger partial charge in [-0.2, -0.15) is 0 Å². The van der Waals surface area contributed by atoms with E-state index in [1.807, 2.05) is 24.3 Å². The van der Waals surface area contributed by atoms with E-state index in [0.29, 0.717) is 6.04 Å². The lowest BCUT2D eigenvalue weighted by Gasteiger charge is -2.41. The molecular formula is C16H26N3OP. The monoisotopic (exact) mass is 307 g/mol. The highest BCUT2D eigenvalue weighted by atomic mass is 31.2. The van der Waals surface area contributed by atoms with E-state index in [9.17, 15) is 4.57 Å². The number of hydrogen-bond acceptors (Lipinski definition) is 4. The minimum atomic E-state index is -2.19. The molecule has 0 unspecified atom stereocenters. The maximum Gasteiger partial charge on any atom is 0.118 e. The van der Waals surface area contributed by atoms with E-state index in [2.05, 4.69) is 16.8 Å². The zero-order valence-corrected chi connectivity index (χ0v) is 13.8. The SMILES string of the molecule is CN1CCC(N2CCP(=O)(c3ccc(N)cc3)CC2)CC1. The molecule has 21 heavy (non-hydrogen) atoms. The van der Waals surface area contributed by atoms with Gasteiger partial charge in [-0.15, -0.1) is 0 Å². The molecule has 2 heterocycles. The van der Waals surface area contributed by atoms with Gasteiger partial charge in [0, 0.05) is 42.4 Å². The first-order valence-electron chi connectivity index (χ1n) is 7.94. The number of rotatable bonds is 2. The molecule has 0 atom stereocenters. The van der Waals surface area contributed by atoms with Gasteiger partial charge in [0.05, 0.1) is 0 Å². The summed E-state index contributed by atoms with van der Waals surface area (Å²) in [4.78, 5) is 4.97. The molecule has 0 bridgehead atoms. The minimum Gasteiger partial charge on any atom is -0.399 e. The Kier molecular flexibility index (Phi) is 4.39. The molecule has 2 N–H and O–H groups in total. The molecule has 2 aliphatic rings. The number of piperidine rings is 1.